The number of benzene rings is 1. The lowest BCUT2D eigenvalue weighted by molar-refractivity contribution is 0.0536. The van der Waals surface area contributed by atoms with Gasteiger partial charge in [0.2, 0.25) is 0 Å². The smallest absolute Gasteiger partial charge is 0.181 e. The summed E-state index contributed by atoms with van der Waals surface area (Å²) < 4.78 is 0. The van der Waals surface area contributed by atoms with Crippen molar-refractivity contribution in [2.24, 2.45) is 0 Å². The number of carbonyl (C=O) groups excluding carboxylic acids is 1. The summed E-state index contributed by atoms with van der Waals surface area (Å²) in [7, 11) is 2.11. The Kier molecular flexibility index (Phi) is 5.08. The van der Waals surface area contributed by atoms with E-state index in [1.54, 1.807) is 18.2 Å². The molecule has 5 heteroatoms. The maximum atomic E-state index is 12.6. The number of piperazine rings is 1. The van der Waals surface area contributed by atoms with Crippen LogP contribution in [0.25, 0.3) is 0 Å². The minimum atomic E-state index is -0.169. The first-order valence-electron chi connectivity index (χ1n) is 6.83. The Hall–Kier alpha value is -0.610. The Bertz CT molecular complexity index is 507. The molecule has 1 aromatic rings. The number of nitrogens with zero attached hydrogens (tertiary/aromatic N) is 2. The predicted molar refractivity (Wildman–Crippen MR) is 83.9 cm³/mol. The predicted octanol–water partition coefficient (Wildman–Crippen LogP) is 3.20. The Labute approximate surface area is 130 Å². The second-order valence-corrected chi connectivity index (χ2v) is 6.36. The molecule has 1 aliphatic heterocycles. The van der Waals surface area contributed by atoms with Crippen LogP contribution in [0.4, 0.5) is 0 Å². The van der Waals surface area contributed by atoms with E-state index < -0.39 is 0 Å². The monoisotopic (exact) mass is 314 g/mol. The van der Waals surface area contributed by atoms with Gasteiger partial charge in [-0.3, -0.25) is 9.69 Å². The van der Waals surface area contributed by atoms with Gasteiger partial charge in [0.1, 0.15) is 0 Å². The highest BCUT2D eigenvalue weighted by atomic mass is 35.5. The normalized spacial score (nSPS) is 22.8. The van der Waals surface area contributed by atoms with Crippen LogP contribution in [-0.4, -0.2) is 54.3 Å². The molecular weight excluding hydrogens is 295 g/mol. The lowest BCUT2D eigenvalue weighted by Crippen LogP contribution is -2.55. The molecular formula is C15H20Cl2N2O. The van der Waals surface area contributed by atoms with Crippen molar-refractivity contribution in [1.82, 2.24) is 9.80 Å². The topological polar surface area (TPSA) is 23.6 Å². The van der Waals surface area contributed by atoms with Gasteiger partial charge >= 0.3 is 0 Å². The number of carbonyl (C=O) groups is 1. The highest BCUT2D eigenvalue weighted by Crippen LogP contribution is 2.24. The van der Waals surface area contributed by atoms with Crippen molar-refractivity contribution >= 4 is 29.0 Å². The molecule has 1 aromatic carbocycles. The standard InChI is InChI=1S/C15H20Cl2N2O/c1-10-9-18(3)6-7-19(10)11(2)15(20)13-5-4-12(16)8-14(13)17/h4-5,8,10-11H,6-7,9H2,1-3H3. The quantitative estimate of drug-likeness (QED) is 0.800. The van der Waals surface area contributed by atoms with Crippen molar-refractivity contribution in [3.63, 3.8) is 0 Å². The zero-order valence-corrected chi connectivity index (χ0v) is 13.6. The highest BCUT2D eigenvalue weighted by Gasteiger charge is 2.30. The second kappa shape index (κ2) is 6.44. The minimum Gasteiger partial charge on any atom is -0.304 e. The second-order valence-electron chi connectivity index (χ2n) is 5.51. The van der Waals surface area contributed by atoms with E-state index >= 15 is 0 Å². The van der Waals surface area contributed by atoms with E-state index in [1.807, 2.05) is 6.92 Å². The molecule has 2 rings (SSSR count). The summed E-state index contributed by atoms with van der Waals surface area (Å²) in [5.74, 6) is 0.0584. The molecule has 0 N–H and O–H groups in total. The van der Waals surface area contributed by atoms with Crippen molar-refractivity contribution in [2.45, 2.75) is 25.9 Å². The molecule has 110 valence electrons. The van der Waals surface area contributed by atoms with Gasteiger partial charge in [-0.05, 0) is 39.1 Å². The number of ketones is 1. The van der Waals surface area contributed by atoms with Crippen LogP contribution >= 0.6 is 23.2 Å². The zero-order chi connectivity index (χ0) is 14.9. The summed E-state index contributed by atoms with van der Waals surface area (Å²) in [6.45, 7) is 6.97. The van der Waals surface area contributed by atoms with Crippen molar-refractivity contribution < 1.29 is 4.79 Å². The molecule has 1 heterocycles. The van der Waals surface area contributed by atoms with Crippen LogP contribution in [0, 0.1) is 0 Å². The lowest BCUT2D eigenvalue weighted by Gasteiger charge is -2.41. The summed E-state index contributed by atoms with van der Waals surface area (Å²) in [5.41, 5.74) is 0.551. The number of Topliss-reactive ketones (excluding diaryl/α,β-unsaturated/α-hetero) is 1. The van der Waals surface area contributed by atoms with Gasteiger partial charge in [0, 0.05) is 36.3 Å². The molecule has 20 heavy (non-hydrogen) atoms. The summed E-state index contributed by atoms with van der Waals surface area (Å²) in [6.07, 6.45) is 0. The van der Waals surface area contributed by atoms with E-state index in [1.165, 1.54) is 0 Å². The maximum absolute atomic E-state index is 12.6. The number of rotatable bonds is 3. The largest absolute Gasteiger partial charge is 0.304 e. The third kappa shape index (κ3) is 3.34. The molecule has 1 aliphatic rings. The first-order valence-corrected chi connectivity index (χ1v) is 7.59. The van der Waals surface area contributed by atoms with Gasteiger partial charge in [0.25, 0.3) is 0 Å². The van der Waals surface area contributed by atoms with Crippen LogP contribution in [0.1, 0.15) is 24.2 Å². The average molecular weight is 315 g/mol. The van der Waals surface area contributed by atoms with Gasteiger partial charge in [0.05, 0.1) is 11.1 Å². The summed E-state index contributed by atoms with van der Waals surface area (Å²) in [6, 6.07) is 5.23. The Morgan fingerprint density at radius 1 is 1.35 bits per heavy atom. The molecule has 2 atom stereocenters. The van der Waals surface area contributed by atoms with Crippen LogP contribution in [0.5, 0.6) is 0 Å². The molecule has 0 amide bonds. The van der Waals surface area contributed by atoms with Crippen molar-refractivity contribution in [1.29, 1.82) is 0 Å². The first-order chi connectivity index (χ1) is 9.40. The fourth-order valence-electron chi connectivity index (χ4n) is 2.79. The van der Waals surface area contributed by atoms with Crippen LogP contribution in [-0.2, 0) is 0 Å². The first kappa shape index (κ1) is 15.8. The van der Waals surface area contributed by atoms with E-state index in [2.05, 4.69) is 23.8 Å². The Morgan fingerprint density at radius 3 is 2.65 bits per heavy atom. The van der Waals surface area contributed by atoms with Gasteiger partial charge < -0.3 is 4.90 Å². The fourth-order valence-corrected chi connectivity index (χ4v) is 3.30. The van der Waals surface area contributed by atoms with Crippen molar-refractivity contribution in [3.05, 3.63) is 33.8 Å². The number of hydrogen-bond acceptors (Lipinski definition) is 3. The van der Waals surface area contributed by atoms with Gasteiger partial charge in [-0.25, -0.2) is 0 Å². The molecule has 3 nitrogen and oxygen atoms in total. The van der Waals surface area contributed by atoms with Crippen molar-refractivity contribution in [2.75, 3.05) is 26.7 Å². The highest BCUT2D eigenvalue weighted by molar-refractivity contribution is 6.37. The molecule has 0 spiro atoms. The molecule has 0 radical (unpaired) electrons. The Morgan fingerprint density at radius 2 is 2.05 bits per heavy atom. The van der Waals surface area contributed by atoms with Crippen molar-refractivity contribution in [3.8, 4) is 0 Å². The number of hydrogen-bond donors (Lipinski definition) is 0. The van der Waals surface area contributed by atoms with E-state index in [0.717, 1.165) is 19.6 Å². The third-order valence-electron chi connectivity index (χ3n) is 3.96. The molecule has 1 saturated heterocycles. The number of likely N-dealkylation sites (N-methyl/N-ethyl adjacent to an activating group) is 1. The lowest BCUT2D eigenvalue weighted by atomic mass is 10.0. The number of halogens is 2. The van der Waals surface area contributed by atoms with Gasteiger partial charge in [-0.2, -0.15) is 0 Å². The van der Waals surface area contributed by atoms with E-state index in [0.29, 0.717) is 21.7 Å². The van der Waals surface area contributed by atoms with E-state index in [4.69, 9.17) is 23.2 Å². The maximum Gasteiger partial charge on any atom is 0.181 e. The molecule has 0 aliphatic carbocycles. The van der Waals surface area contributed by atoms with Crippen LogP contribution in [0.3, 0.4) is 0 Å². The molecule has 1 fully saturated rings. The minimum absolute atomic E-state index is 0.0584. The van der Waals surface area contributed by atoms with Gasteiger partial charge in [-0.15, -0.1) is 0 Å². The Balaban J connectivity index is 2.16. The van der Waals surface area contributed by atoms with Crippen LogP contribution in [0.15, 0.2) is 18.2 Å². The summed E-state index contributed by atoms with van der Waals surface area (Å²) >= 11 is 12.0. The fraction of sp³-hybridized carbons (Fsp3) is 0.533. The van der Waals surface area contributed by atoms with E-state index in [-0.39, 0.29) is 11.8 Å². The third-order valence-corrected chi connectivity index (χ3v) is 4.50. The zero-order valence-electron chi connectivity index (χ0n) is 12.1. The molecule has 2 unspecified atom stereocenters. The van der Waals surface area contributed by atoms with Crippen LogP contribution in [0.2, 0.25) is 10.0 Å². The SMILES string of the molecule is CC1CN(C)CCN1C(C)C(=O)c1ccc(Cl)cc1Cl. The molecule has 0 saturated carbocycles. The van der Waals surface area contributed by atoms with Crippen LogP contribution < -0.4 is 0 Å². The summed E-state index contributed by atoms with van der Waals surface area (Å²) in [4.78, 5) is 17.1. The molecule has 0 bridgehead atoms. The van der Waals surface area contributed by atoms with E-state index in [9.17, 15) is 4.79 Å². The molecule has 0 aromatic heterocycles. The summed E-state index contributed by atoms with van der Waals surface area (Å²) in [5, 5.41) is 0.975. The average Bonchev–Trinajstić information content (AvgIpc) is 2.37. The van der Waals surface area contributed by atoms with Gasteiger partial charge in [-0.1, -0.05) is 23.2 Å². The van der Waals surface area contributed by atoms with Gasteiger partial charge in [0.15, 0.2) is 5.78 Å².